The van der Waals surface area contributed by atoms with Gasteiger partial charge in [-0.25, -0.2) is 0 Å². The number of nitrogens with zero attached hydrogens (tertiary/aromatic N) is 1. The average Bonchev–Trinajstić information content (AvgIpc) is 2.76. The number of rotatable bonds is 3. The Labute approximate surface area is 99.6 Å². The molecule has 0 atom stereocenters. The average molecular weight is 230 g/mol. The Morgan fingerprint density at radius 1 is 1.29 bits per heavy atom. The van der Waals surface area contributed by atoms with Crippen molar-refractivity contribution in [2.45, 2.75) is 20.3 Å². The second-order valence-electron chi connectivity index (χ2n) is 3.98. The van der Waals surface area contributed by atoms with Gasteiger partial charge >= 0.3 is 0 Å². The molecule has 1 amide bonds. The van der Waals surface area contributed by atoms with E-state index in [1.807, 2.05) is 32.0 Å². The Morgan fingerprint density at radius 2 is 2.00 bits per heavy atom. The number of para-hydroxylation sites is 1. The monoisotopic (exact) mass is 230 g/mol. The highest BCUT2D eigenvalue weighted by Crippen LogP contribution is 2.19. The van der Waals surface area contributed by atoms with E-state index >= 15 is 0 Å². The van der Waals surface area contributed by atoms with E-state index in [0.29, 0.717) is 5.69 Å². The molecule has 0 saturated carbocycles. The number of carbonyl (C=O) groups excluding carboxylic acids is 1. The number of anilines is 1. The SMILES string of the molecule is Cc1cccc(C)c1NC(=O)Cc1ccon1. The first kappa shape index (κ1) is 11.4. The van der Waals surface area contributed by atoms with Crippen molar-refractivity contribution in [2.75, 3.05) is 5.32 Å². The lowest BCUT2D eigenvalue weighted by Gasteiger charge is -2.10. The lowest BCUT2D eigenvalue weighted by molar-refractivity contribution is -0.115. The van der Waals surface area contributed by atoms with Gasteiger partial charge in [-0.05, 0) is 25.0 Å². The highest BCUT2D eigenvalue weighted by atomic mass is 16.5. The number of aromatic nitrogens is 1. The van der Waals surface area contributed by atoms with Gasteiger partial charge in [0, 0.05) is 11.8 Å². The summed E-state index contributed by atoms with van der Waals surface area (Å²) in [5.41, 5.74) is 3.62. The zero-order chi connectivity index (χ0) is 12.3. The van der Waals surface area contributed by atoms with E-state index in [1.165, 1.54) is 6.26 Å². The minimum absolute atomic E-state index is 0.0868. The maximum Gasteiger partial charge on any atom is 0.230 e. The molecule has 0 aliphatic heterocycles. The van der Waals surface area contributed by atoms with Crippen molar-refractivity contribution < 1.29 is 9.32 Å². The fourth-order valence-electron chi connectivity index (χ4n) is 1.69. The third-order valence-corrected chi connectivity index (χ3v) is 2.58. The Hall–Kier alpha value is -2.10. The van der Waals surface area contributed by atoms with Gasteiger partial charge in [-0.15, -0.1) is 0 Å². The van der Waals surface area contributed by atoms with Crippen molar-refractivity contribution in [3.05, 3.63) is 47.3 Å². The predicted octanol–water partition coefficient (Wildman–Crippen LogP) is 2.47. The molecular weight excluding hydrogens is 216 g/mol. The molecule has 4 heteroatoms. The normalized spacial score (nSPS) is 10.2. The molecule has 88 valence electrons. The summed E-state index contributed by atoms with van der Waals surface area (Å²) in [6.45, 7) is 3.94. The second-order valence-corrected chi connectivity index (χ2v) is 3.98. The summed E-state index contributed by atoms with van der Waals surface area (Å²) in [4.78, 5) is 11.8. The zero-order valence-electron chi connectivity index (χ0n) is 9.86. The molecule has 0 spiro atoms. The number of nitrogens with one attached hydrogen (secondary N) is 1. The van der Waals surface area contributed by atoms with Crippen LogP contribution in [0.25, 0.3) is 0 Å². The number of hydrogen-bond acceptors (Lipinski definition) is 3. The van der Waals surface area contributed by atoms with Gasteiger partial charge in [-0.3, -0.25) is 4.79 Å². The van der Waals surface area contributed by atoms with Gasteiger partial charge in [0.25, 0.3) is 0 Å². The van der Waals surface area contributed by atoms with Gasteiger partial charge in [0.2, 0.25) is 5.91 Å². The van der Waals surface area contributed by atoms with Crippen LogP contribution in [0.3, 0.4) is 0 Å². The van der Waals surface area contributed by atoms with E-state index < -0.39 is 0 Å². The third kappa shape index (κ3) is 2.72. The van der Waals surface area contributed by atoms with E-state index in [4.69, 9.17) is 0 Å². The molecular formula is C13H14N2O2. The van der Waals surface area contributed by atoms with Crippen molar-refractivity contribution >= 4 is 11.6 Å². The molecule has 0 radical (unpaired) electrons. The molecule has 1 N–H and O–H groups in total. The van der Waals surface area contributed by atoms with Gasteiger partial charge in [-0.1, -0.05) is 23.4 Å². The summed E-state index contributed by atoms with van der Waals surface area (Å²) in [7, 11) is 0. The molecule has 0 bridgehead atoms. The molecule has 1 aromatic heterocycles. The van der Waals surface area contributed by atoms with Gasteiger partial charge < -0.3 is 9.84 Å². The summed E-state index contributed by atoms with van der Waals surface area (Å²) >= 11 is 0. The van der Waals surface area contributed by atoms with Crippen molar-refractivity contribution in [1.82, 2.24) is 5.16 Å². The van der Waals surface area contributed by atoms with Crippen LogP contribution in [0.1, 0.15) is 16.8 Å². The highest BCUT2D eigenvalue weighted by Gasteiger charge is 2.09. The van der Waals surface area contributed by atoms with Crippen LogP contribution in [0.5, 0.6) is 0 Å². The molecule has 1 heterocycles. The van der Waals surface area contributed by atoms with Crippen LogP contribution in [0.4, 0.5) is 5.69 Å². The second kappa shape index (κ2) is 4.82. The summed E-state index contributed by atoms with van der Waals surface area (Å²) in [5, 5.41) is 6.60. The molecule has 0 fully saturated rings. The largest absolute Gasteiger partial charge is 0.364 e. The number of hydrogen-bond donors (Lipinski definition) is 1. The van der Waals surface area contributed by atoms with Gasteiger partial charge in [0.05, 0.1) is 12.1 Å². The molecule has 0 aliphatic carbocycles. The summed E-state index contributed by atoms with van der Waals surface area (Å²) in [6, 6.07) is 7.60. The van der Waals surface area contributed by atoms with Crippen LogP contribution >= 0.6 is 0 Å². The van der Waals surface area contributed by atoms with E-state index in [0.717, 1.165) is 16.8 Å². The third-order valence-electron chi connectivity index (χ3n) is 2.58. The smallest absolute Gasteiger partial charge is 0.230 e. The van der Waals surface area contributed by atoms with Crippen LogP contribution in [0, 0.1) is 13.8 Å². The van der Waals surface area contributed by atoms with E-state index in [-0.39, 0.29) is 12.3 Å². The fraction of sp³-hybridized carbons (Fsp3) is 0.231. The number of aryl methyl sites for hydroxylation is 2. The standard InChI is InChI=1S/C13H14N2O2/c1-9-4-3-5-10(2)13(9)14-12(16)8-11-6-7-17-15-11/h3-7H,8H2,1-2H3,(H,14,16). The van der Waals surface area contributed by atoms with E-state index in [2.05, 4.69) is 15.0 Å². The first-order chi connectivity index (χ1) is 8.16. The Balaban J connectivity index is 2.08. The Kier molecular flexibility index (Phi) is 3.23. The van der Waals surface area contributed by atoms with Gasteiger partial charge in [0.1, 0.15) is 6.26 Å². The Morgan fingerprint density at radius 3 is 2.59 bits per heavy atom. The van der Waals surface area contributed by atoms with Crippen LogP contribution < -0.4 is 5.32 Å². The number of amides is 1. The topological polar surface area (TPSA) is 55.1 Å². The maximum absolute atomic E-state index is 11.8. The molecule has 0 aliphatic rings. The Bertz CT molecular complexity index is 498. The minimum atomic E-state index is -0.0868. The van der Waals surface area contributed by atoms with Gasteiger partial charge in [0.15, 0.2) is 0 Å². The molecule has 2 aromatic rings. The number of benzene rings is 1. The lowest BCUT2D eigenvalue weighted by Crippen LogP contribution is -2.16. The maximum atomic E-state index is 11.8. The van der Waals surface area contributed by atoms with Crippen LogP contribution in [0.2, 0.25) is 0 Å². The highest BCUT2D eigenvalue weighted by molar-refractivity contribution is 5.93. The van der Waals surface area contributed by atoms with Crippen molar-refractivity contribution in [1.29, 1.82) is 0 Å². The molecule has 1 aromatic carbocycles. The zero-order valence-corrected chi connectivity index (χ0v) is 9.86. The molecule has 0 unspecified atom stereocenters. The van der Waals surface area contributed by atoms with Crippen molar-refractivity contribution in [3.8, 4) is 0 Å². The van der Waals surface area contributed by atoms with Crippen molar-refractivity contribution in [2.24, 2.45) is 0 Å². The first-order valence-corrected chi connectivity index (χ1v) is 5.42. The molecule has 4 nitrogen and oxygen atoms in total. The van der Waals surface area contributed by atoms with E-state index in [9.17, 15) is 4.79 Å². The van der Waals surface area contributed by atoms with Crippen LogP contribution in [0.15, 0.2) is 35.1 Å². The summed E-state index contributed by atoms with van der Waals surface area (Å²) in [6.07, 6.45) is 1.69. The quantitative estimate of drug-likeness (QED) is 0.881. The lowest BCUT2D eigenvalue weighted by atomic mass is 10.1. The van der Waals surface area contributed by atoms with Gasteiger partial charge in [-0.2, -0.15) is 0 Å². The number of carbonyl (C=O) groups is 1. The predicted molar refractivity (Wildman–Crippen MR) is 64.8 cm³/mol. The molecule has 0 saturated heterocycles. The summed E-state index contributed by atoms with van der Waals surface area (Å²) < 4.78 is 4.68. The first-order valence-electron chi connectivity index (χ1n) is 5.42. The van der Waals surface area contributed by atoms with Crippen LogP contribution in [-0.2, 0) is 11.2 Å². The van der Waals surface area contributed by atoms with Crippen LogP contribution in [-0.4, -0.2) is 11.1 Å². The molecule has 17 heavy (non-hydrogen) atoms. The summed E-state index contributed by atoms with van der Waals surface area (Å²) in [5.74, 6) is -0.0868. The van der Waals surface area contributed by atoms with E-state index in [1.54, 1.807) is 6.07 Å². The fourth-order valence-corrected chi connectivity index (χ4v) is 1.69. The minimum Gasteiger partial charge on any atom is -0.364 e. The molecule has 2 rings (SSSR count). The van der Waals surface area contributed by atoms with Crippen molar-refractivity contribution in [3.63, 3.8) is 0 Å².